The van der Waals surface area contributed by atoms with Crippen molar-refractivity contribution >= 4 is 35.8 Å². The van der Waals surface area contributed by atoms with E-state index in [1.54, 1.807) is 0 Å². The average molecular weight is 508 g/mol. The highest BCUT2D eigenvalue weighted by Crippen LogP contribution is 2.16. The molecular formula is C21H42IN5O. The Bertz CT molecular complexity index is 485. The van der Waals surface area contributed by atoms with Crippen LogP contribution in [0.1, 0.15) is 66.2 Å². The van der Waals surface area contributed by atoms with Crippen molar-refractivity contribution in [2.75, 3.05) is 39.3 Å². The van der Waals surface area contributed by atoms with Gasteiger partial charge in [0.25, 0.3) is 0 Å². The molecule has 0 aromatic heterocycles. The Hall–Kier alpha value is -0.570. The molecule has 28 heavy (non-hydrogen) atoms. The number of guanidine groups is 1. The summed E-state index contributed by atoms with van der Waals surface area (Å²) in [6, 6.07) is 1.06. The molecule has 0 saturated carbocycles. The van der Waals surface area contributed by atoms with Crippen molar-refractivity contribution in [2.24, 2.45) is 10.9 Å². The van der Waals surface area contributed by atoms with Gasteiger partial charge in [-0.05, 0) is 59.0 Å². The lowest BCUT2D eigenvalue weighted by Gasteiger charge is -2.33. The van der Waals surface area contributed by atoms with Crippen LogP contribution in [0.25, 0.3) is 0 Å². The molecule has 164 valence electrons. The maximum absolute atomic E-state index is 12.1. The van der Waals surface area contributed by atoms with E-state index in [-0.39, 0.29) is 35.8 Å². The lowest BCUT2D eigenvalue weighted by Crippen LogP contribution is -2.45. The van der Waals surface area contributed by atoms with E-state index in [0.29, 0.717) is 6.04 Å². The third-order valence-electron chi connectivity index (χ3n) is 5.74. The predicted molar refractivity (Wildman–Crippen MR) is 128 cm³/mol. The maximum atomic E-state index is 12.1. The van der Waals surface area contributed by atoms with Gasteiger partial charge in [0.15, 0.2) is 5.96 Å². The zero-order valence-electron chi connectivity index (χ0n) is 18.4. The van der Waals surface area contributed by atoms with Gasteiger partial charge in [-0.2, -0.15) is 0 Å². The molecule has 1 amide bonds. The number of nitrogens with one attached hydrogen (secondary N) is 2. The van der Waals surface area contributed by atoms with Crippen LogP contribution in [-0.4, -0.2) is 73.0 Å². The van der Waals surface area contributed by atoms with Crippen molar-refractivity contribution in [3.63, 3.8) is 0 Å². The van der Waals surface area contributed by atoms with Crippen LogP contribution in [0.15, 0.2) is 4.99 Å². The Labute approximate surface area is 189 Å². The number of carbonyl (C=O) groups is 1. The molecule has 0 radical (unpaired) electrons. The summed E-state index contributed by atoms with van der Waals surface area (Å²) in [5.74, 6) is 1.23. The molecule has 2 aliphatic heterocycles. The van der Waals surface area contributed by atoms with Gasteiger partial charge < -0.3 is 20.4 Å². The first kappa shape index (κ1) is 25.5. The summed E-state index contributed by atoms with van der Waals surface area (Å²) in [5.41, 5.74) is 0. The minimum absolute atomic E-state index is 0. The molecule has 2 saturated heterocycles. The van der Waals surface area contributed by atoms with Crippen molar-refractivity contribution < 1.29 is 4.79 Å². The fourth-order valence-corrected chi connectivity index (χ4v) is 4.06. The summed E-state index contributed by atoms with van der Waals surface area (Å²) in [7, 11) is 0. The molecule has 0 aromatic carbocycles. The molecule has 0 aliphatic carbocycles. The van der Waals surface area contributed by atoms with Crippen LogP contribution in [0.4, 0.5) is 0 Å². The van der Waals surface area contributed by atoms with Gasteiger partial charge in [0.05, 0.1) is 0 Å². The second-order valence-electron chi connectivity index (χ2n) is 8.42. The zero-order chi connectivity index (χ0) is 19.6. The molecule has 2 fully saturated rings. The topological polar surface area (TPSA) is 60.0 Å². The number of unbranched alkanes of at least 4 members (excludes halogenated alkanes) is 1. The number of hydrogen-bond acceptors (Lipinski definition) is 3. The van der Waals surface area contributed by atoms with E-state index in [1.165, 1.54) is 38.8 Å². The lowest BCUT2D eigenvalue weighted by atomic mass is 10.0. The number of carbonyl (C=O) groups excluding carboxylic acids is 1. The number of aliphatic imine (C=N–C) groups is 1. The summed E-state index contributed by atoms with van der Waals surface area (Å²) in [4.78, 5) is 21.5. The zero-order valence-corrected chi connectivity index (χ0v) is 20.7. The largest absolute Gasteiger partial charge is 0.357 e. The molecule has 2 N–H and O–H groups in total. The SMILES string of the molecule is CCNC(=NCCCCN1CCCCC1C)NC1CCN(C(=O)C(C)C)C1.I. The van der Waals surface area contributed by atoms with Crippen LogP contribution < -0.4 is 10.6 Å². The van der Waals surface area contributed by atoms with E-state index in [0.717, 1.165) is 51.0 Å². The van der Waals surface area contributed by atoms with Gasteiger partial charge in [0.2, 0.25) is 5.91 Å². The van der Waals surface area contributed by atoms with Crippen molar-refractivity contribution in [1.82, 2.24) is 20.4 Å². The fourth-order valence-electron chi connectivity index (χ4n) is 4.06. The van der Waals surface area contributed by atoms with Gasteiger partial charge in [-0.25, -0.2) is 0 Å². The van der Waals surface area contributed by atoms with Gasteiger partial charge in [-0.1, -0.05) is 20.3 Å². The van der Waals surface area contributed by atoms with E-state index >= 15 is 0 Å². The molecular weight excluding hydrogens is 465 g/mol. The van der Waals surface area contributed by atoms with Gasteiger partial charge in [0, 0.05) is 44.2 Å². The van der Waals surface area contributed by atoms with Gasteiger partial charge in [-0.3, -0.25) is 9.79 Å². The van der Waals surface area contributed by atoms with Crippen LogP contribution in [0.5, 0.6) is 0 Å². The number of rotatable bonds is 8. The monoisotopic (exact) mass is 507 g/mol. The summed E-state index contributed by atoms with van der Waals surface area (Å²) >= 11 is 0. The first-order valence-electron chi connectivity index (χ1n) is 11.1. The third kappa shape index (κ3) is 8.43. The summed E-state index contributed by atoms with van der Waals surface area (Å²) < 4.78 is 0. The highest BCUT2D eigenvalue weighted by atomic mass is 127. The number of hydrogen-bond donors (Lipinski definition) is 2. The Morgan fingerprint density at radius 2 is 1.96 bits per heavy atom. The number of piperidine rings is 1. The third-order valence-corrected chi connectivity index (χ3v) is 5.74. The quantitative estimate of drug-likeness (QED) is 0.230. The summed E-state index contributed by atoms with van der Waals surface area (Å²) in [6.07, 6.45) is 7.44. The van der Waals surface area contributed by atoms with Gasteiger partial charge >= 0.3 is 0 Å². The summed E-state index contributed by atoms with van der Waals surface area (Å²) in [6.45, 7) is 14.2. The fraction of sp³-hybridized carbons (Fsp3) is 0.905. The number of amides is 1. The minimum Gasteiger partial charge on any atom is -0.357 e. The van der Waals surface area contributed by atoms with E-state index in [1.807, 2.05) is 18.7 Å². The van der Waals surface area contributed by atoms with Crippen molar-refractivity contribution in [3.8, 4) is 0 Å². The molecule has 0 spiro atoms. The van der Waals surface area contributed by atoms with E-state index in [2.05, 4.69) is 29.4 Å². The lowest BCUT2D eigenvalue weighted by molar-refractivity contribution is -0.133. The number of likely N-dealkylation sites (tertiary alicyclic amines) is 2. The first-order valence-corrected chi connectivity index (χ1v) is 11.1. The molecule has 2 aliphatic rings. The molecule has 7 heteroatoms. The van der Waals surface area contributed by atoms with Crippen LogP contribution >= 0.6 is 24.0 Å². The van der Waals surface area contributed by atoms with Crippen molar-refractivity contribution in [1.29, 1.82) is 0 Å². The highest BCUT2D eigenvalue weighted by molar-refractivity contribution is 14.0. The minimum atomic E-state index is 0. The van der Waals surface area contributed by atoms with Gasteiger partial charge in [-0.15, -0.1) is 24.0 Å². The van der Waals surface area contributed by atoms with E-state index in [4.69, 9.17) is 4.99 Å². The maximum Gasteiger partial charge on any atom is 0.225 e. The second kappa shape index (κ2) is 13.6. The summed E-state index contributed by atoms with van der Waals surface area (Å²) in [5, 5.41) is 6.87. The number of nitrogens with zero attached hydrogens (tertiary/aromatic N) is 3. The normalized spacial score (nSPS) is 23.6. The van der Waals surface area contributed by atoms with Crippen molar-refractivity contribution in [2.45, 2.75) is 78.3 Å². The average Bonchev–Trinajstić information content (AvgIpc) is 3.10. The highest BCUT2D eigenvalue weighted by Gasteiger charge is 2.27. The number of halogens is 1. The molecule has 0 aromatic rings. The Kier molecular flexibility index (Phi) is 12.4. The second-order valence-corrected chi connectivity index (χ2v) is 8.42. The first-order chi connectivity index (χ1) is 13.0. The molecule has 2 rings (SSSR count). The molecule has 2 unspecified atom stereocenters. The van der Waals surface area contributed by atoms with Crippen molar-refractivity contribution in [3.05, 3.63) is 0 Å². The standard InChI is InChI=1S/C21H41N5O.HI/c1-5-22-21(24-19-11-15-26(16-19)20(27)17(2)3)23-12-7-9-14-25-13-8-6-10-18(25)4;/h17-19H,5-16H2,1-4H3,(H2,22,23,24);1H. The molecule has 6 nitrogen and oxygen atoms in total. The smallest absolute Gasteiger partial charge is 0.225 e. The molecule has 0 bridgehead atoms. The predicted octanol–water partition coefficient (Wildman–Crippen LogP) is 3.07. The van der Waals surface area contributed by atoms with Crippen LogP contribution in [0.3, 0.4) is 0 Å². The van der Waals surface area contributed by atoms with E-state index < -0.39 is 0 Å². The molecule has 2 heterocycles. The molecule has 2 atom stereocenters. The van der Waals surface area contributed by atoms with E-state index in [9.17, 15) is 4.79 Å². The van der Waals surface area contributed by atoms with Crippen LogP contribution in [0.2, 0.25) is 0 Å². The Morgan fingerprint density at radius 3 is 2.64 bits per heavy atom. The Balaban J connectivity index is 0.00000392. The van der Waals surface area contributed by atoms with Gasteiger partial charge in [0.1, 0.15) is 0 Å². The van der Waals surface area contributed by atoms with Crippen LogP contribution in [-0.2, 0) is 4.79 Å². The Morgan fingerprint density at radius 1 is 1.18 bits per heavy atom. The van der Waals surface area contributed by atoms with Crippen LogP contribution in [0, 0.1) is 5.92 Å².